The van der Waals surface area contributed by atoms with Crippen molar-refractivity contribution in [1.82, 2.24) is 5.32 Å². The van der Waals surface area contributed by atoms with Crippen molar-refractivity contribution in [2.75, 3.05) is 7.11 Å². The molecule has 1 heterocycles. The maximum atomic E-state index is 11.6. The van der Waals surface area contributed by atoms with E-state index in [0.717, 1.165) is 6.07 Å². The Morgan fingerprint density at radius 1 is 1.40 bits per heavy atom. The number of benzene rings is 1. The average molecular weight is 295 g/mol. The number of nitro benzene ring substituents is 1. The van der Waals surface area contributed by atoms with Gasteiger partial charge in [-0.05, 0) is 29.5 Å². The minimum atomic E-state index is -0.848. The number of hydrogen-bond donors (Lipinski definition) is 1. The number of nitrogens with zero attached hydrogens (tertiary/aromatic N) is 1. The molecule has 1 fully saturated rings. The zero-order valence-corrected chi connectivity index (χ0v) is 10.9. The molecule has 1 aromatic carbocycles. The average Bonchev–Trinajstić information content (AvgIpc) is 2.69. The number of nitro groups is 1. The van der Waals surface area contributed by atoms with Crippen LogP contribution in [-0.4, -0.2) is 23.2 Å². The number of carbonyl (C=O) groups excluding carboxylic acids is 2. The van der Waals surface area contributed by atoms with Crippen molar-refractivity contribution in [3.05, 3.63) is 32.7 Å². The summed E-state index contributed by atoms with van der Waals surface area (Å²) < 4.78 is 4.77. The maximum Gasteiger partial charge on any atom is 0.290 e. The van der Waals surface area contributed by atoms with E-state index in [9.17, 15) is 24.8 Å². The van der Waals surface area contributed by atoms with E-state index in [1.54, 1.807) is 0 Å². The summed E-state index contributed by atoms with van der Waals surface area (Å²) in [5.74, 6) is -1.65. The number of methoxy groups -OCH3 is 1. The van der Waals surface area contributed by atoms with Crippen molar-refractivity contribution in [1.29, 1.82) is 0 Å². The van der Waals surface area contributed by atoms with Gasteiger partial charge in [-0.3, -0.25) is 25.0 Å². The Hall–Kier alpha value is -2.55. The van der Waals surface area contributed by atoms with Crippen LogP contribution in [0.4, 0.5) is 10.5 Å². The van der Waals surface area contributed by atoms with Gasteiger partial charge in [0, 0.05) is 11.8 Å². The third kappa shape index (κ3) is 2.57. The van der Waals surface area contributed by atoms with Crippen LogP contribution in [0.3, 0.4) is 0 Å². The van der Waals surface area contributed by atoms with Crippen molar-refractivity contribution >= 4 is 34.7 Å². The first-order valence-electron chi connectivity index (χ1n) is 5.20. The summed E-state index contributed by atoms with van der Waals surface area (Å²) in [5.41, 5.74) is -0.438. The molecular weight excluding hydrogens is 288 g/mol. The predicted molar refractivity (Wildman–Crippen MR) is 68.2 cm³/mol. The molecule has 1 aliphatic heterocycles. The molecule has 2 rings (SSSR count). The van der Waals surface area contributed by atoms with Crippen molar-refractivity contribution in [2.45, 2.75) is 0 Å². The lowest BCUT2D eigenvalue weighted by atomic mass is 10.1. The molecule has 0 bridgehead atoms. The quantitative estimate of drug-likeness (QED) is 0.501. The lowest BCUT2D eigenvalue weighted by Crippen LogP contribution is -2.17. The lowest BCUT2D eigenvalue weighted by Gasteiger charge is -2.13. The summed E-state index contributed by atoms with van der Waals surface area (Å²) in [6.45, 7) is 0. The molecule has 9 heteroatoms. The monoisotopic (exact) mass is 295 g/mol. The first-order chi connectivity index (χ1) is 9.42. The van der Waals surface area contributed by atoms with Gasteiger partial charge in [0.15, 0.2) is 0 Å². The van der Waals surface area contributed by atoms with Crippen LogP contribution in [0, 0.1) is 10.1 Å². The molecule has 0 saturated carbocycles. The molecule has 2 amide bonds. The van der Waals surface area contributed by atoms with Crippen LogP contribution in [-0.2, 0) is 4.79 Å². The van der Waals surface area contributed by atoms with E-state index in [1.165, 1.54) is 19.3 Å². The third-order valence-electron chi connectivity index (χ3n) is 2.41. The topological polar surface area (TPSA) is 122 Å². The van der Waals surface area contributed by atoms with Crippen LogP contribution in [0.1, 0.15) is 5.56 Å². The lowest BCUT2D eigenvalue weighted by molar-refractivity contribution is -0.398. The van der Waals surface area contributed by atoms with E-state index in [2.05, 4.69) is 5.32 Å². The van der Waals surface area contributed by atoms with Crippen molar-refractivity contribution in [3.63, 3.8) is 0 Å². The standard InChI is InChI=1S/C11H8N2O6S/c1-19-7-3-5(2-6(9(7)14)13(17)18)4-8-10(15)12-11(16)20-8/h2-4,14H,1H3,(H,12,15,16)/p-1/b8-4+. The van der Waals surface area contributed by atoms with E-state index in [4.69, 9.17) is 4.74 Å². The molecular formula is C11H7N2O6S-. The molecule has 104 valence electrons. The SMILES string of the molecule is COc1cc(/C=C2/SC(=O)NC2=O)cc([N+](=O)[O-])c1[O-]. The summed E-state index contributed by atoms with van der Waals surface area (Å²) in [7, 11) is 1.21. The van der Waals surface area contributed by atoms with Crippen LogP contribution in [0.2, 0.25) is 0 Å². The summed E-state index contributed by atoms with van der Waals surface area (Å²) in [6, 6.07) is 2.29. The highest BCUT2D eigenvalue weighted by atomic mass is 32.2. The van der Waals surface area contributed by atoms with Gasteiger partial charge in [-0.25, -0.2) is 0 Å². The molecule has 0 atom stereocenters. The third-order valence-corrected chi connectivity index (χ3v) is 3.22. The summed E-state index contributed by atoms with van der Waals surface area (Å²) >= 11 is 0.673. The largest absolute Gasteiger partial charge is 0.865 e. The second-order valence-corrected chi connectivity index (χ2v) is 4.70. The smallest absolute Gasteiger partial charge is 0.290 e. The molecule has 1 aliphatic rings. The summed E-state index contributed by atoms with van der Waals surface area (Å²) in [6.07, 6.45) is 1.28. The Labute approximate surface area is 116 Å². The predicted octanol–water partition coefficient (Wildman–Crippen LogP) is 1.00. The highest BCUT2D eigenvalue weighted by molar-refractivity contribution is 8.18. The first kappa shape index (κ1) is 13.9. The number of hydrogen-bond acceptors (Lipinski definition) is 7. The highest BCUT2D eigenvalue weighted by Crippen LogP contribution is 2.36. The van der Waals surface area contributed by atoms with Crippen LogP contribution >= 0.6 is 11.8 Å². The number of thioether (sulfide) groups is 1. The minimum absolute atomic E-state index is 0.0880. The fourth-order valence-electron chi connectivity index (χ4n) is 1.55. The van der Waals surface area contributed by atoms with Crippen LogP contribution in [0.25, 0.3) is 6.08 Å². The molecule has 0 aromatic heterocycles. The molecule has 8 nitrogen and oxygen atoms in total. The van der Waals surface area contributed by atoms with Crippen LogP contribution in [0.15, 0.2) is 17.0 Å². The van der Waals surface area contributed by atoms with Crippen LogP contribution < -0.4 is 15.2 Å². The van der Waals surface area contributed by atoms with Gasteiger partial charge in [0.25, 0.3) is 16.8 Å². The number of amides is 2. The molecule has 1 aromatic rings. The molecule has 1 saturated heterocycles. The maximum absolute atomic E-state index is 11.6. The van der Waals surface area contributed by atoms with Crippen LogP contribution in [0.5, 0.6) is 11.5 Å². The fourth-order valence-corrected chi connectivity index (χ4v) is 2.23. The number of ether oxygens (including phenoxy) is 1. The van der Waals surface area contributed by atoms with Crippen molar-refractivity contribution in [2.24, 2.45) is 0 Å². The van der Waals surface area contributed by atoms with Gasteiger partial charge >= 0.3 is 0 Å². The van der Waals surface area contributed by atoms with Gasteiger partial charge in [-0.1, -0.05) is 0 Å². The van der Waals surface area contributed by atoms with Crippen molar-refractivity contribution < 1.29 is 24.4 Å². The Morgan fingerprint density at radius 2 is 2.10 bits per heavy atom. The van der Waals surface area contributed by atoms with E-state index in [0.29, 0.717) is 11.8 Å². The molecule has 0 radical (unpaired) electrons. The Balaban J connectivity index is 2.50. The van der Waals surface area contributed by atoms with E-state index >= 15 is 0 Å². The van der Waals surface area contributed by atoms with Gasteiger partial charge in [0.1, 0.15) is 5.75 Å². The van der Waals surface area contributed by atoms with Gasteiger partial charge in [0.05, 0.1) is 16.9 Å². The number of nitrogens with one attached hydrogen (secondary N) is 1. The van der Waals surface area contributed by atoms with E-state index in [-0.39, 0.29) is 16.2 Å². The first-order valence-corrected chi connectivity index (χ1v) is 6.02. The summed E-state index contributed by atoms with van der Waals surface area (Å²) in [5, 5.41) is 23.9. The normalized spacial score (nSPS) is 16.4. The number of imide groups is 1. The molecule has 0 unspecified atom stereocenters. The molecule has 0 aliphatic carbocycles. The fraction of sp³-hybridized carbons (Fsp3) is 0.0909. The minimum Gasteiger partial charge on any atom is -0.865 e. The van der Waals surface area contributed by atoms with E-state index in [1.807, 2.05) is 0 Å². The van der Waals surface area contributed by atoms with Gasteiger partial charge in [-0.15, -0.1) is 0 Å². The Morgan fingerprint density at radius 3 is 2.60 bits per heavy atom. The van der Waals surface area contributed by atoms with E-state index < -0.39 is 27.5 Å². The zero-order valence-electron chi connectivity index (χ0n) is 10.0. The number of rotatable bonds is 3. The highest BCUT2D eigenvalue weighted by Gasteiger charge is 2.25. The Kier molecular flexibility index (Phi) is 3.61. The second kappa shape index (κ2) is 5.21. The van der Waals surface area contributed by atoms with Crippen molar-refractivity contribution in [3.8, 4) is 11.5 Å². The number of carbonyl (C=O) groups is 2. The second-order valence-electron chi connectivity index (χ2n) is 3.68. The Bertz CT molecular complexity index is 655. The molecule has 1 N–H and O–H groups in total. The zero-order chi connectivity index (χ0) is 14.9. The van der Waals surface area contributed by atoms with Gasteiger partial charge in [-0.2, -0.15) is 0 Å². The molecule has 20 heavy (non-hydrogen) atoms. The van der Waals surface area contributed by atoms with Gasteiger partial charge < -0.3 is 9.84 Å². The molecule has 0 spiro atoms. The van der Waals surface area contributed by atoms with Gasteiger partial charge in [0.2, 0.25) is 0 Å². The summed E-state index contributed by atoms with van der Waals surface area (Å²) in [4.78, 5) is 32.4.